The molecule has 0 aliphatic heterocycles. The minimum atomic E-state index is 0.374. The molecule has 88 valence electrons. The van der Waals surface area contributed by atoms with E-state index >= 15 is 0 Å². The molecule has 0 unspecified atom stereocenters. The van der Waals surface area contributed by atoms with Crippen molar-refractivity contribution < 1.29 is 0 Å². The van der Waals surface area contributed by atoms with Gasteiger partial charge in [0.05, 0.1) is 0 Å². The molecule has 0 amide bonds. The SMILES string of the molecule is Cc1c(Cl)nc(-c2ccc(Br)c(Br)c2)nc1Cl. The maximum absolute atomic E-state index is 5.98. The molecule has 0 radical (unpaired) electrons. The van der Waals surface area contributed by atoms with Crippen molar-refractivity contribution in [2.45, 2.75) is 6.92 Å². The van der Waals surface area contributed by atoms with Crippen molar-refractivity contribution in [2.24, 2.45) is 0 Å². The minimum Gasteiger partial charge on any atom is -0.216 e. The van der Waals surface area contributed by atoms with Gasteiger partial charge in [-0.15, -0.1) is 0 Å². The molecule has 2 aromatic rings. The van der Waals surface area contributed by atoms with Crippen molar-refractivity contribution >= 4 is 55.1 Å². The topological polar surface area (TPSA) is 25.8 Å². The Balaban J connectivity index is 2.57. The number of hydrogen-bond donors (Lipinski definition) is 0. The molecule has 0 aliphatic carbocycles. The summed E-state index contributed by atoms with van der Waals surface area (Å²) in [6.07, 6.45) is 0. The Kier molecular flexibility index (Phi) is 4.08. The standard InChI is InChI=1S/C11H6Br2Cl2N2/c1-5-9(14)16-11(17-10(5)15)6-2-3-7(12)8(13)4-6/h2-4H,1H3. The van der Waals surface area contributed by atoms with Crippen molar-refractivity contribution in [1.29, 1.82) is 0 Å². The summed E-state index contributed by atoms with van der Waals surface area (Å²) in [5, 5.41) is 0.748. The predicted octanol–water partition coefficient (Wildman–Crippen LogP) is 5.28. The summed E-state index contributed by atoms with van der Waals surface area (Å²) < 4.78 is 1.89. The van der Waals surface area contributed by atoms with Gasteiger partial charge in [0, 0.05) is 20.1 Å². The van der Waals surface area contributed by atoms with Crippen LogP contribution in [0.5, 0.6) is 0 Å². The van der Waals surface area contributed by atoms with Gasteiger partial charge in [-0.25, -0.2) is 9.97 Å². The Morgan fingerprint density at radius 2 is 1.59 bits per heavy atom. The fraction of sp³-hybridized carbons (Fsp3) is 0.0909. The van der Waals surface area contributed by atoms with Gasteiger partial charge in [0.25, 0.3) is 0 Å². The van der Waals surface area contributed by atoms with E-state index in [0.717, 1.165) is 14.5 Å². The van der Waals surface area contributed by atoms with Crippen LogP contribution in [-0.4, -0.2) is 9.97 Å². The lowest BCUT2D eigenvalue weighted by Gasteiger charge is -2.05. The molecule has 0 saturated carbocycles. The molecule has 2 nitrogen and oxygen atoms in total. The molecule has 0 aliphatic rings. The smallest absolute Gasteiger partial charge is 0.162 e. The van der Waals surface area contributed by atoms with Gasteiger partial charge in [-0.1, -0.05) is 23.2 Å². The molecule has 0 fully saturated rings. The molecule has 0 N–H and O–H groups in total. The van der Waals surface area contributed by atoms with Crippen LogP contribution in [0.25, 0.3) is 11.4 Å². The number of hydrogen-bond acceptors (Lipinski definition) is 2. The fourth-order valence-corrected chi connectivity index (χ4v) is 2.24. The second-order valence-electron chi connectivity index (χ2n) is 3.38. The van der Waals surface area contributed by atoms with E-state index < -0.39 is 0 Å². The second kappa shape index (κ2) is 5.22. The average molecular weight is 397 g/mol. The molecule has 0 spiro atoms. The van der Waals surface area contributed by atoms with Crippen molar-refractivity contribution in [3.05, 3.63) is 43.0 Å². The largest absolute Gasteiger partial charge is 0.216 e. The zero-order chi connectivity index (χ0) is 12.6. The molecule has 1 aromatic heterocycles. The van der Waals surface area contributed by atoms with E-state index in [2.05, 4.69) is 41.8 Å². The number of aromatic nitrogens is 2. The fourth-order valence-electron chi connectivity index (χ4n) is 1.23. The van der Waals surface area contributed by atoms with Crippen LogP contribution >= 0.6 is 55.1 Å². The lowest BCUT2D eigenvalue weighted by Crippen LogP contribution is -1.94. The molecular weight excluding hydrogens is 391 g/mol. The van der Waals surface area contributed by atoms with Crippen molar-refractivity contribution in [2.75, 3.05) is 0 Å². The Hall–Kier alpha value is -0.160. The molecule has 17 heavy (non-hydrogen) atoms. The Bertz CT molecular complexity index is 565. The highest BCUT2D eigenvalue weighted by Crippen LogP contribution is 2.29. The molecule has 1 aromatic carbocycles. The van der Waals surface area contributed by atoms with Gasteiger partial charge in [0.2, 0.25) is 0 Å². The summed E-state index contributed by atoms with van der Waals surface area (Å²) in [4.78, 5) is 8.42. The van der Waals surface area contributed by atoms with Crippen LogP contribution in [0.3, 0.4) is 0 Å². The van der Waals surface area contributed by atoms with E-state index in [1.807, 2.05) is 18.2 Å². The summed E-state index contributed by atoms with van der Waals surface area (Å²) >= 11 is 18.8. The van der Waals surface area contributed by atoms with E-state index in [1.165, 1.54) is 0 Å². The minimum absolute atomic E-state index is 0.374. The van der Waals surface area contributed by atoms with Gasteiger partial charge in [0.15, 0.2) is 5.82 Å². The van der Waals surface area contributed by atoms with E-state index in [9.17, 15) is 0 Å². The van der Waals surface area contributed by atoms with Crippen LogP contribution in [0.1, 0.15) is 5.56 Å². The highest BCUT2D eigenvalue weighted by atomic mass is 79.9. The first-order valence-corrected chi connectivity index (χ1v) is 6.98. The quantitative estimate of drug-likeness (QED) is 0.612. The normalized spacial score (nSPS) is 10.6. The third kappa shape index (κ3) is 2.81. The Labute approximate surface area is 126 Å². The van der Waals surface area contributed by atoms with Crippen molar-refractivity contribution in [1.82, 2.24) is 9.97 Å². The Morgan fingerprint density at radius 3 is 2.12 bits per heavy atom. The molecule has 0 atom stereocenters. The third-order valence-corrected chi connectivity index (χ3v) is 4.82. The van der Waals surface area contributed by atoms with E-state index in [1.54, 1.807) is 6.92 Å². The number of halogens is 4. The summed E-state index contributed by atoms with van der Waals surface area (Å²) in [7, 11) is 0. The van der Waals surface area contributed by atoms with Gasteiger partial charge >= 0.3 is 0 Å². The maximum Gasteiger partial charge on any atom is 0.162 e. The second-order valence-corrected chi connectivity index (χ2v) is 5.81. The summed E-state index contributed by atoms with van der Waals surface area (Å²) in [6, 6.07) is 5.71. The van der Waals surface area contributed by atoms with E-state index in [4.69, 9.17) is 23.2 Å². The first-order valence-electron chi connectivity index (χ1n) is 4.64. The molecule has 0 bridgehead atoms. The van der Waals surface area contributed by atoms with E-state index in [0.29, 0.717) is 21.7 Å². The van der Waals surface area contributed by atoms with Crippen LogP contribution in [0.4, 0.5) is 0 Å². The molecule has 1 heterocycles. The van der Waals surface area contributed by atoms with Crippen molar-refractivity contribution in [3.63, 3.8) is 0 Å². The van der Waals surface area contributed by atoms with Crippen LogP contribution in [0.2, 0.25) is 10.3 Å². The predicted molar refractivity (Wildman–Crippen MR) is 77.6 cm³/mol. The van der Waals surface area contributed by atoms with Gasteiger partial charge in [-0.05, 0) is 57.0 Å². The summed E-state index contributed by atoms with van der Waals surface area (Å²) in [6.45, 7) is 1.78. The van der Waals surface area contributed by atoms with Crippen LogP contribution in [0, 0.1) is 6.92 Å². The summed E-state index contributed by atoms with van der Waals surface area (Å²) in [5.41, 5.74) is 1.54. The zero-order valence-electron chi connectivity index (χ0n) is 8.64. The van der Waals surface area contributed by atoms with Gasteiger partial charge in [-0.2, -0.15) is 0 Å². The lowest BCUT2D eigenvalue weighted by molar-refractivity contribution is 1.14. The number of rotatable bonds is 1. The number of nitrogens with zero attached hydrogens (tertiary/aromatic N) is 2. The molecule has 6 heteroatoms. The lowest BCUT2D eigenvalue weighted by atomic mass is 10.2. The maximum atomic E-state index is 5.98. The summed E-state index contributed by atoms with van der Waals surface area (Å²) in [5.74, 6) is 0.513. The highest BCUT2D eigenvalue weighted by Gasteiger charge is 2.10. The zero-order valence-corrected chi connectivity index (χ0v) is 13.3. The monoisotopic (exact) mass is 394 g/mol. The molecular formula is C11H6Br2Cl2N2. The average Bonchev–Trinajstić information content (AvgIpc) is 2.29. The van der Waals surface area contributed by atoms with Gasteiger partial charge in [-0.3, -0.25) is 0 Å². The number of benzene rings is 1. The van der Waals surface area contributed by atoms with Crippen LogP contribution in [-0.2, 0) is 0 Å². The van der Waals surface area contributed by atoms with Crippen molar-refractivity contribution in [3.8, 4) is 11.4 Å². The van der Waals surface area contributed by atoms with Crippen LogP contribution < -0.4 is 0 Å². The van der Waals surface area contributed by atoms with Gasteiger partial charge in [0.1, 0.15) is 10.3 Å². The van der Waals surface area contributed by atoms with Gasteiger partial charge < -0.3 is 0 Å². The Morgan fingerprint density at radius 1 is 1.00 bits per heavy atom. The van der Waals surface area contributed by atoms with Crippen LogP contribution in [0.15, 0.2) is 27.1 Å². The first-order chi connectivity index (χ1) is 7.99. The molecule has 0 saturated heterocycles. The van der Waals surface area contributed by atoms with E-state index in [-0.39, 0.29) is 0 Å². The first kappa shape index (κ1) is 13.3. The third-order valence-electron chi connectivity index (χ3n) is 2.20. The molecule has 2 rings (SSSR count). The highest BCUT2D eigenvalue weighted by molar-refractivity contribution is 9.13.